The number of allylic oxidation sites excluding steroid dienone is 2. The molecule has 0 radical (unpaired) electrons. The Kier molecular flexibility index (Phi) is 5.46. The van der Waals surface area contributed by atoms with E-state index in [4.69, 9.17) is 5.73 Å². The largest absolute Gasteiger partial charge is 0.511 e. The quantitative estimate of drug-likeness (QED) is 0.322. The summed E-state index contributed by atoms with van der Waals surface area (Å²) in [5.74, 6) is -0.314. The number of amides is 1. The monoisotopic (exact) mass is 485 g/mol. The number of rotatable bonds is 2. The lowest BCUT2D eigenvalue weighted by atomic mass is 9.60. The summed E-state index contributed by atoms with van der Waals surface area (Å²) < 4.78 is 0. The summed E-state index contributed by atoms with van der Waals surface area (Å²) in [5.41, 5.74) is 3.73. The van der Waals surface area contributed by atoms with Crippen LogP contribution < -0.4 is 5.73 Å². The summed E-state index contributed by atoms with van der Waals surface area (Å²) in [6, 6.07) is 12.6. The Balaban J connectivity index is 1.58. The van der Waals surface area contributed by atoms with Crippen LogP contribution in [0.3, 0.4) is 0 Å². The Morgan fingerprint density at radius 1 is 1.06 bits per heavy atom. The maximum atomic E-state index is 13.5. The maximum Gasteiger partial charge on any atom is 0.255 e. The van der Waals surface area contributed by atoms with Gasteiger partial charge in [0.2, 0.25) is 5.78 Å². The number of hydrogen-bond acceptors (Lipinski definition) is 7. The molecule has 0 aromatic heterocycles. The van der Waals surface area contributed by atoms with Gasteiger partial charge in [0.15, 0.2) is 11.4 Å². The highest BCUT2D eigenvalue weighted by Crippen LogP contribution is 2.51. The Hall–Kier alpha value is -4.35. The number of aliphatic hydroxyl groups excluding tert-OH is 2. The average Bonchev–Trinajstić information content (AvgIpc) is 2.83. The number of carbonyl (C=O) groups excluding carboxylic acids is 3. The third-order valence-electron chi connectivity index (χ3n) is 7.30. The van der Waals surface area contributed by atoms with Crippen LogP contribution in [0.2, 0.25) is 0 Å². The number of phenols is 1. The fourth-order valence-electron chi connectivity index (χ4n) is 5.57. The van der Waals surface area contributed by atoms with Gasteiger partial charge in [-0.25, -0.2) is 0 Å². The van der Waals surface area contributed by atoms with E-state index < -0.39 is 52.0 Å². The van der Waals surface area contributed by atoms with Gasteiger partial charge in [0.25, 0.3) is 5.91 Å². The van der Waals surface area contributed by atoms with Crippen molar-refractivity contribution >= 4 is 17.5 Å². The summed E-state index contributed by atoms with van der Waals surface area (Å²) in [5, 5.41) is 43.1. The Bertz CT molecular complexity index is 1460. The van der Waals surface area contributed by atoms with E-state index >= 15 is 0 Å². The number of Topliss-reactive ketones (excluding diaryl/α,β-unsaturated/α-hetero) is 2. The Morgan fingerprint density at radius 3 is 2.47 bits per heavy atom. The summed E-state index contributed by atoms with van der Waals surface area (Å²) in [6.45, 7) is 0. The third kappa shape index (κ3) is 3.40. The number of aromatic hydroxyl groups is 1. The standard InChI is InChI=1S/C28H23NO7/c29-27(35)23-20(31)13-17-11-16-12-18-15(8-4-7-14-5-2-1-3-6-14)9-10-19(30)22(18)24(32)21(16)25(33)28(17,36)26(23)34/h1-3,5-6,9-10,16-17,30-31,33,36H,7,11-13H2,(H2,29,35)/t16-,17+,28+/m1/s1. The fourth-order valence-corrected chi connectivity index (χ4v) is 5.57. The van der Waals surface area contributed by atoms with Gasteiger partial charge in [-0.2, -0.15) is 0 Å². The molecule has 0 saturated heterocycles. The summed E-state index contributed by atoms with van der Waals surface area (Å²) in [4.78, 5) is 38.2. The molecule has 0 spiro atoms. The second kappa shape index (κ2) is 8.40. The molecule has 0 saturated carbocycles. The molecule has 6 N–H and O–H groups in total. The molecule has 2 aromatic rings. The van der Waals surface area contributed by atoms with Gasteiger partial charge in [0, 0.05) is 29.9 Å². The van der Waals surface area contributed by atoms with Gasteiger partial charge in [0.05, 0.1) is 5.56 Å². The van der Waals surface area contributed by atoms with Gasteiger partial charge in [0.1, 0.15) is 22.8 Å². The molecule has 1 amide bonds. The van der Waals surface area contributed by atoms with Gasteiger partial charge in [-0.3, -0.25) is 14.4 Å². The maximum absolute atomic E-state index is 13.5. The zero-order valence-corrected chi connectivity index (χ0v) is 19.1. The van der Waals surface area contributed by atoms with E-state index in [1.807, 2.05) is 30.3 Å². The van der Waals surface area contributed by atoms with E-state index in [1.54, 1.807) is 6.07 Å². The van der Waals surface area contributed by atoms with Crippen molar-refractivity contribution in [3.8, 4) is 17.6 Å². The zero-order chi connectivity index (χ0) is 25.8. The minimum Gasteiger partial charge on any atom is -0.511 e. The van der Waals surface area contributed by atoms with Crippen LogP contribution >= 0.6 is 0 Å². The highest BCUT2D eigenvalue weighted by atomic mass is 16.3. The highest BCUT2D eigenvalue weighted by molar-refractivity contribution is 6.24. The Labute approximate surface area is 206 Å². The van der Waals surface area contributed by atoms with E-state index in [-0.39, 0.29) is 36.1 Å². The number of nitrogens with two attached hydrogens (primary N) is 1. The molecule has 3 aliphatic carbocycles. The van der Waals surface area contributed by atoms with E-state index in [1.165, 1.54) is 6.07 Å². The van der Waals surface area contributed by atoms with E-state index in [0.29, 0.717) is 17.5 Å². The number of carbonyl (C=O) groups is 3. The number of ketones is 2. The van der Waals surface area contributed by atoms with Gasteiger partial charge in [-0.1, -0.05) is 42.2 Å². The van der Waals surface area contributed by atoms with Crippen LogP contribution in [0.5, 0.6) is 5.75 Å². The first-order valence-electron chi connectivity index (χ1n) is 11.5. The summed E-state index contributed by atoms with van der Waals surface area (Å²) >= 11 is 0. The number of primary amides is 1. The number of phenolic OH excluding ortho intramolecular Hbond substituents is 1. The number of aliphatic hydroxyl groups is 3. The molecule has 8 heteroatoms. The minimum atomic E-state index is -2.57. The van der Waals surface area contributed by atoms with Crippen molar-refractivity contribution in [1.82, 2.24) is 0 Å². The molecule has 3 aliphatic rings. The number of benzene rings is 2. The van der Waals surface area contributed by atoms with Gasteiger partial charge >= 0.3 is 0 Å². The second-order valence-electron chi connectivity index (χ2n) is 9.36. The predicted molar refractivity (Wildman–Crippen MR) is 128 cm³/mol. The number of fused-ring (bicyclic) bond motifs is 3. The minimum absolute atomic E-state index is 0.0434. The van der Waals surface area contributed by atoms with Crippen LogP contribution in [0, 0.1) is 23.7 Å². The Morgan fingerprint density at radius 2 is 1.78 bits per heavy atom. The van der Waals surface area contributed by atoms with Crippen LogP contribution in [0.25, 0.3) is 0 Å². The van der Waals surface area contributed by atoms with Gasteiger partial charge < -0.3 is 26.2 Å². The van der Waals surface area contributed by atoms with E-state index in [9.17, 15) is 34.8 Å². The highest BCUT2D eigenvalue weighted by Gasteiger charge is 2.59. The lowest BCUT2D eigenvalue weighted by Gasteiger charge is -2.45. The molecule has 3 atom stereocenters. The normalized spacial score (nSPS) is 24.9. The SMILES string of the molecule is NC(=O)C1=C(O)C[C@@H]2C[C@@H]3Cc4c(C#CCc5ccccc5)ccc(O)c4C(=O)C3=C(O)[C@]2(O)C1=O. The molecule has 0 aliphatic heterocycles. The molecule has 5 rings (SSSR count). The van der Waals surface area contributed by atoms with Crippen molar-refractivity contribution in [2.24, 2.45) is 17.6 Å². The second-order valence-corrected chi connectivity index (χ2v) is 9.36. The molecule has 36 heavy (non-hydrogen) atoms. The van der Waals surface area contributed by atoms with Crippen molar-refractivity contribution in [2.45, 2.75) is 31.3 Å². The molecule has 0 unspecified atom stereocenters. The molecule has 2 aromatic carbocycles. The van der Waals surface area contributed by atoms with E-state index in [2.05, 4.69) is 11.8 Å². The molecular formula is C28H23NO7. The van der Waals surface area contributed by atoms with Crippen LogP contribution in [-0.4, -0.2) is 43.5 Å². The summed E-state index contributed by atoms with van der Waals surface area (Å²) in [7, 11) is 0. The van der Waals surface area contributed by atoms with Crippen LogP contribution in [-0.2, 0) is 22.4 Å². The molecule has 182 valence electrons. The van der Waals surface area contributed by atoms with Crippen molar-refractivity contribution in [3.63, 3.8) is 0 Å². The summed E-state index contributed by atoms with van der Waals surface area (Å²) in [6.07, 6.45) is 0.525. The molecule has 0 heterocycles. The molecular weight excluding hydrogens is 462 g/mol. The first-order valence-corrected chi connectivity index (χ1v) is 11.5. The molecule has 8 nitrogen and oxygen atoms in total. The van der Waals surface area contributed by atoms with Crippen molar-refractivity contribution in [1.29, 1.82) is 0 Å². The smallest absolute Gasteiger partial charge is 0.255 e. The zero-order valence-electron chi connectivity index (χ0n) is 19.1. The van der Waals surface area contributed by atoms with Crippen LogP contribution in [0.1, 0.15) is 39.9 Å². The fraction of sp³-hybridized carbons (Fsp3) is 0.250. The number of hydrogen-bond donors (Lipinski definition) is 5. The topological polar surface area (TPSA) is 158 Å². The lowest BCUT2D eigenvalue weighted by Crippen LogP contribution is -2.57. The van der Waals surface area contributed by atoms with Crippen molar-refractivity contribution in [3.05, 3.63) is 87.4 Å². The average molecular weight is 485 g/mol. The van der Waals surface area contributed by atoms with Crippen LogP contribution in [0.4, 0.5) is 0 Å². The van der Waals surface area contributed by atoms with Gasteiger partial charge in [-0.15, -0.1) is 0 Å². The van der Waals surface area contributed by atoms with E-state index in [0.717, 1.165) is 5.56 Å². The van der Waals surface area contributed by atoms with Crippen LogP contribution in [0.15, 0.2) is 65.1 Å². The van der Waals surface area contributed by atoms with Crippen molar-refractivity contribution < 1.29 is 34.8 Å². The predicted octanol–water partition coefficient (Wildman–Crippen LogP) is 2.17. The first kappa shape index (κ1) is 23.4. The first-order chi connectivity index (χ1) is 17.1. The molecule has 0 bridgehead atoms. The lowest BCUT2D eigenvalue weighted by molar-refractivity contribution is -0.144. The van der Waals surface area contributed by atoms with Gasteiger partial charge in [-0.05, 0) is 42.0 Å². The third-order valence-corrected chi connectivity index (χ3v) is 7.30. The molecule has 0 fully saturated rings. The van der Waals surface area contributed by atoms with Crippen molar-refractivity contribution in [2.75, 3.05) is 0 Å².